The first kappa shape index (κ1) is 12.0. The molecule has 0 aliphatic rings. The number of pyridine rings is 1. The van der Waals surface area contributed by atoms with Crippen LogP contribution in [0.2, 0.25) is 5.02 Å². The molecule has 17 heavy (non-hydrogen) atoms. The fourth-order valence-electron chi connectivity index (χ4n) is 1.17. The minimum atomic E-state index is 0.248. The summed E-state index contributed by atoms with van der Waals surface area (Å²) in [6, 6.07) is 3.43. The van der Waals surface area contributed by atoms with Crippen LogP contribution in [-0.2, 0) is 11.3 Å². The Bertz CT molecular complexity index is 471. The van der Waals surface area contributed by atoms with Crippen molar-refractivity contribution in [3.63, 3.8) is 0 Å². The SMILES string of the molecule is NCCOCc1nc(-c2ccc(Cl)cn2)no1. The van der Waals surface area contributed by atoms with Crippen LogP contribution < -0.4 is 5.73 Å². The lowest BCUT2D eigenvalue weighted by atomic mass is 10.3. The summed E-state index contributed by atoms with van der Waals surface area (Å²) in [4.78, 5) is 8.21. The summed E-state index contributed by atoms with van der Waals surface area (Å²) in [5.74, 6) is 0.804. The van der Waals surface area contributed by atoms with Gasteiger partial charge in [0.1, 0.15) is 12.3 Å². The molecule has 2 aromatic heterocycles. The van der Waals surface area contributed by atoms with Crippen molar-refractivity contribution in [2.75, 3.05) is 13.2 Å². The Morgan fingerprint density at radius 1 is 1.41 bits per heavy atom. The number of halogens is 1. The first-order valence-electron chi connectivity index (χ1n) is 5.02. The largest absolute Gasteiger partial charge is 0.370 e. The van der Waals surface area contributed by atoms with Crippen LogP contribution in [0.4, 0.5) is 0 Å². The van der Waals surface area contributed by atoms with Gasteiger partial charge < -0.3 is 15.0 Å². The number of nitrogens with two attached hydrogens (primary N) is 1. The molecule has 0 aliphatic carbocycles. The Kier molecular flexibility index (Phi) is 4.03. The molecule has 2 rings (SSSR count). The number of rotatable bonds is 5. The van der Waals surface area contributed by atoms with Crippen LogP contribution in [0.5, 0.6) is 0 Å². The number of hydrogen-bond donors (Lipinski definition) is 1. The second-order valence-corrected chi connectivity index (χ2v) is 3.65. The van der Waals surface area contributed by atoms with Gasteiger partial charge in [0.25, 0.3) is 5.89 Å². The van der Waals surface area contributed by atoms with Crippen molar-refractivity contribution in [1.29, 1.82) is 0 Å². The Morgan fingerprint density at radius 3 is 3.00 bits per heavy atom. The molecule has 0 saturated carbocycles. The van der Waals surface area contributed by atoms with Gasteiger partial charge in [-0.2, -0.15) is 4.98 Å². The van der Waals surface area contributed by atoms with Crippen LogP contribution in [0.25, 0.3) is 11.5 Å². The van der Waals surface area contributed by atoms with Gasteiger partial charge in [0.05, 0.1) is 11.6 Å². The summed E-state index contributed by atoms with van der Waals surface area (Å²) in [5.41, 5.74) is 5.89. The van der Waals surface area contributed by atoms with Gasteiger partial charge in [0, 0.05) is 12.7 Å². The molecule has 90 valence electrons. The normalized spacial score (nSPS) is 10.7. The molecule has 0 amide bonds. The Labute approximate surface area is 103 Å². The van der Waals surface area contributed by atoms with Crippen molar-refractivity contribution in [2.45, 2.75) is 6.61 Å². The van der Waals surface area contributed by atoms with E-state index in [1.807, 2.05) is 0 Å². The van der Waals surface area contributed by atoms with Crippen molar-refractivity contribution in [3.8, 4) is 11.5 Å². The van der Waals surface area contributed by atoms with Crippen LogP contribution in [-0.4, -0.2) is 28.3 Å². The zero-order valence-corrected chi connectivity index (χ0v) is 9.72. The third kappa shape index (κ3) is 3.23. The number of hydrogen-bond acceptors (Lipinski definition) is 6. The standard InChI is InChI=1S/C10H11ClN4O2/c11-7-1-2-8(13-5-7)10-14-9(17-15-10)6-16-4-3-12/h1-2,5H,3-4,6,12H2. The predicted octanol–water partition coefficient (Wildman–Crippen LogP) is 1.26. The summed E-state index contributed by atoms with van der Waals surface area (Å²) >= 11 is 5.73. The highest BCUT2D eigenvalue weighted by atomic mass is 35.5. The predicted molar refractivity (Wildman–Crippen MR) is 61.2 cm³/mol. The highest BCUT2D eigenvalue weighted by molar-refractivity contribution is 6.30. The van der Waals surface area contributed by atoms with E-state index in [0.29, 0.717) is 35.6 Å². The van der Waals surface area contributed by atoms with E-state index in [-0.39, 0.29) is 6.61 Å². The molecule has 0 aromatic carbocycles. The van der Waals surface area contributed by atoms with Crippen LogP contribution in [0.1, 0.15) is 5.89 Å². The molecule has 0 unspecified atom stereocenters. The summed E-state index contributed by atoms with van der Waals surface area (Å²) in [5, 5.41) is 4.35. The van der Waals surface area contributed by atoms with Crippen molar-refractivity contribution in [3.05, 3.63) is 29.2 Å². The fourth-order valence-corrected chi connectivity index (χ4v) is 1.28. The van der Waals surface area contributed by atoms with Gasteiger partial charge in [0.15, 0.2) is 0 Å². The maximum atomic E-state index is 5.73. The molecule has 2 heterocycles. The molecular weight excluding hydrogens is 244 g/mol. The zero-order chi connectivity index (χ0) is 12.1. The molecule has 0 spiro atoms. The molecule has 0 fully saturated rings. The van der Waals surface area contributed by atoms with Gasteiger partial charge in [0.2, 0.25) is 5.82 Å². The van der Waals surface area contributed by atoms with Crippen LogP contribution in [0.15, 0.2) is 22.9 Å². The monoisotopic (exact) mass is 254 g/mol. The van der Waals surface area contributed by atoms with E-state index < -0.39 is 0 Å². The van der Waals surface area contributed by atoms with E-state index in [9.17, 15) is 0 Å². The minimum Gasteiger partial charge on any atom is -0.370 e. The fraction of sp³-hybridized carbons (Fsp3) is 0.300. The molecular formula is C10H11ClN4O2. The molecule has 0 radical (unpaired) electrons. The second kappa shape index (κ2) is 5.72. The van der Waals surface area contributed by atoms with E-state index in [4.69, 9.17) is 26.6 Å². The topological polar surface area (TPSA) is 87.1 Å². The number of ether oxygens (including phenoxy) is 1. The molecule has 6 nitrogen and oxygen atoms in total. The third-order valence-corrected chi connectivity index (χ3v) is 2.14. The van der Waals surface area contributed by atoms with Gasteiger partial charge in [-0.3, -0.25) is 4.98 Å². The van der Waals surface area contributed by atoms with Crippen LogP contribution in [0.3, 0.4) is 0 Å². The summed E-state index contributed by atoms with van der Waals surface area (Å²) < 4.78 is 10.2. The van der Waals surface area contributed by atoms with Gasteiger partial charge in [-0.1, -0.05) is 16.8 Å². The first-order chi connectivity index (χ1) is 8.29. The number of nitrogens with zero attached hydrogens (tertiary/aromatic N) is 3. The quantitative estimate of drug-likeness (QED) is 0.809. The second-order valence-electron chi connectivity index (χ2n) is 3.21. The average Bonchev–Trinajstić information content (AvgIpc) is 2.79. The van der Waals surface area contributed by atoms with Crippen LogP contribution >= 0.6 is 11.6 Å². The molecule has 0 aliphatic heterocycles. The lowest BCUT2D eigenvalue weighted by Crippen LogP contribution is -2.08. The number of aromatic nitrogens is 3. The summed E-state index contributed by atoms with van der Waals surface area (Å²) in [6.45, 7) is 1.16. The van der Waals surface area contributed by atoms with Gasteiger partial charge in [-0.25, -0.2) is 0 Å². The van der Waals surface area contributed by atoms with E-state index in [2.05, 4.69) is 15.1 Å². The lowest BCUT2D eigenvalue weighted by molar-refractivity contribution is 0.104. The molecule has 0 saturated heterocycles. The molecule has 0 bridgehead atoms. The molecule has 0 atom stereocenters. The van der Waals surface area contributed by atoms with Crippen molar-refractivity contribution in [2.24, 2.45) is 5.73 Å². The van der Waals surface area contributed by atoms with Crippen molar-refractivity contribution >= 4 is 11.6 Å². The highest BCUT2D eigenvalue weighted by Crippen LogP contribution is 2.15. The molecule has 2 N–H and O–H groups in total. The van der Waals surface area contributed by atoms with Crippen molar-refractivity contribution in [1.82, 2.24) is 15.1 Å². The van der Waals surface area contributed by atoms with Gasteiger partial charge in [-0.15, -0.1) is 0 Å². The maximum Gasteiger partial charge on any atom is 0.253 e. The maximum absolute atomic E-state index is 5.73. The van der Waals surface area contributed by atoms with Crippen LogP contribution in [0, 0.1) is 0 Å². The Hall–Kier alpha value is -1.50. The third-order valence-electron chi connectivity index (χ3n) is 1.91. The average molecular weight is 255 g/mol. The molecule has 7 heteroatoms. The molecule has 2 aromatic rings. The van der Waals surface area contributed by atoms with Crippen molar-refractivity contribution < 1.29 is 9.26 Å². The van der Waals surface area contributed by atoms with E-state index in [1.165, 1.54) is 6.20 Å². The Morgan fingerprint density at radius 2 is 2.29 bits per heavy atom. The summed E-state index contributed by atoms with van der Waals surface area (Å²) in [7, 11) is 0. The summed E-state index contributed by atoms with van der Waals surface area (Å²) in [6.07, 6.45) is 1.53. The lowest BCUT2D eigenvalue weighted by Gasteiger charge is -1.95. The van der Waals surface area contributed by atoms with E-state index in [0.717, 1.165) is 0 Å². The zero-order valence-electron chi connectivity index (χ0n) is 8.97. The highest BCUT2D eigenvalue weighted by Gasteiger charge is 2.09. The van der Waals surface area contributed by atoms with E-state index >= 15 is 0 Å². The smallest absolute Gasteiger partial charge is 0.253 e. The first-order valence-corrected chi connectivity index (χ1v) is 5.39. The van der Waals surface area contributed by atoms with Gasteiger partial charge >= 0.3 is 0 Å². The van der Waals surface area contributed by atoms with Gasteiger partial charge in [-0.05, 0) is 12.1 Å². The van der Waals surface area contributed by atoms with E-state index in [1.54, 1.807) is 12.1 Å². The Balaban J connectivity index is 2.04. The minimum absolute atomic E-state index is 0.248.